The Bertz CT molecular complexity index is 1300. The highest BCUT2D eigenvalue weighted by Crippen LogP contribution is 2.31. The molecule has 1 fully saturated rings. The fourth-order valence-corrected chi connectivity index (χ4v) is 3.56. The Morgan fingerprint density at radius 2 is 2.17 bits per heavy atom. The average Bonchev–Trinajstić information content (AvgIpc) is 3.50. The second-order valence-corrected chi connectivity index (χ2v) is 6.67. The topological polar surface area (TPSA) is 92.7 Å². The summed E-state index contributed by atoms with van der Waals surface area (Å²) in [5.74, 6) is 0. The van der Waals surface area contributed by atoms with Crippen molar-refractivity contribution in [3.05, 3.63) is 81.7 Å². The van der Waals surface area contributed by atoms with Gasteiger partial charge in [0.2, 0.25) is 0 Å². The molecule has 0 N–H and O–H groups in total. The highest BCUT2D eigenvalue weighted by molar-refractivity contribution is 6.07. The van der Waals surface area contributed by atoms with Gasteiger partial charge in [-0.15, -0.1) is 4.91 Å². The number of allylic oxidation sites excluding steroid dienone is 5. The fourth-order valence-electron chi connectivity index (χ4n) is 3.56. The van der Waals surface area contributed by atoms with Crippen molar-refractivity contribution in [2.45, 2.75) is 19.6 Å². The van der Waals surface area contributed by atoms with Crippen LogP contribution in [0.4, 0.5) is 0 Å². The van der Waals surface area contributed by atoms with Crippen molar-refractivity contribution in [2.24, 2.45) is 5.18 Å². The zero-order valence-electron chi connectivity index (χ0n) is 15.8. The smallest absolute Gasteiger partial charge is 0.273 e. The number of ether oxygens (including phenoxy) is 1. The average molecular weight is 386 g/mol. The molecule has 29 heavy (non-hydrogen) atoms. The van der Waals surface area contributed by atoms with Crippen LogP contribution in [0, 0.1) is 16.2 Å². The molecule has 0 bridgehead atoms. The van der Waals surface area contributed by atoms with Crippen LogP contribution in [0.1, 0.15) is 12.5 Å². The first-order chi connectivity index (χ1) is 14.2. The Balaban J connectivity index is 2.15. The van der Waals surface area contributed by atoms with Crippen molar-refractivity contribution in [2.75, 3.05) is 6.61 Å². The maximum Gasteiger partial charge on any atom is 0.273 e. The highest BCUT2D eigenvalue weighted by atomic mass is 16.6. The molecule has 4 rings (SSSR count). The molecule has 3 aromatic rings. The van der Waals surface area contributed by atoms with Gasteiger partial charge in [0.15, 0.2) is 0 Å². The van der Waals surface area contributed by atoms with Gasteiger partial charge in [0.25, 0.3) is 5.56 Å². The van der Waals surface area contributed by atoms with E-state index >= 15 is 0 Å². The normalized spacial score (nSPS) is 16.8. The number of aromatic nitrogens is 2. The van der Waals surface area contributed by atoms with Crippen LogP contribution in [0.2, 0.25) is 0 Å². The van der Waals surface area contributed by atoms with Crippen molar-refractivity contribution >= 4 is 27.6 Å². The minimum Gasteiger partial charge on any atom is -0.371 e. The van der Waals surface area contributed by atoms with Gasteiger partial charge in [0, 0.05) is 11.1 Å². The van der Waals surface area contributed by atoms with Gasteiger partial charge in [-0.3, -0.25) is 9.36 Å². The predicted octanol–water partition coefficient (Wildman–Crippen LogP) is 3.92. The number of pyridine rings is 1. The van der Waals surface area contributed by atoms with Crippen LogP contribution < -0.4 is 5.56 Å². The highest BCUT2D eigenvalue weighted by Gasteiger charge is 2.26. The summed E-state index contributed by atoms with van der Waals surface area (Å²) in [6.07, 6.45) is 7.88. The zero-order chi connectivity index (χ0) is 20.4. The van der Waals surface area contributed by atoms with Crippen LogP contribution >= 0.6 is 0 Å². The number of nitroso groups, excluding NO2 is 1. The van der Waals surface area contributed by atoms with Crippen LogP contribution in [0.5, 0.6) is 0 Å². The molecule has 7 heteroatoms. The van der Waals surface area contributed by atoms with Crippen molar-refractivity contribution in [3.8, 4) is 6.07 Å². The van der Waals surface area contributed by atoms with E-state index in [0.29, 0.717) is 24.4 Å². The third kappa shape index (κ3) is 3.30. The number of benzene rings is 1. The Kier molecular flexibility index (Phi) is 4.94. The second kappa shape index (κ2) is 7.70. The van der Waals surface area contributed by atoms with E-state index in [2.05, 4.69) is 9.74 Å². The van der Waals surface area contributed by atoms with Crippen molar-refractivity contribution in [1.29, 1.82) is 5.26 Å². The molecule has 1 saturated heterocycles. The SMILES string of the molecule is C\C=C/C(=C\C=C\N=O)n1c(=O)c(C#N)cc2c1c1ccccc1n2CC1CO1. The molecule has 3 heterocycles. The summed E-state index contributed by atoms with van der Waals surface area (Å²) in [5, 5.41) is 13.2. The number of nitrogens with zero attached hydrogens (tertiary/aromatic N) is 4. The predicted molar refractivity (Wildman–Crippen MR) is 112 cm³/mol. The monoisotopic (exact) mass is 386 g/mol. The van der Waals surface area contributed by atoms with Gasteiger partial charge in [-0.2, -0.15) is 5.26 Å². The third-order valence-corrected chi connectivity index (χ3v) is 4.84. The standard InChI is InChI=1S/C22H18N4O3/c1-2-6-16(7-5-10-24-28)26-21-18-8-3-4-9-19(18)25(13-17-14-29-17)20(21)11-15(12-23)22(26)27/h2-11,17H,13-14H2,1H3/b6-2-,10-5+,16-7+. The molecular weight excluding hydrogens is 368 g/mol. The molecule has 1 aliphatic heterocycles. The number of para-hydroxylation sites is 1. The van der Waals surface area contributed by atoms with Gasteiger partial charge in [0.1, 0.15) is 11.6 Å². The van der Waals surface area contributed by atoms with Gasteiger partial charge in [-0.1, -0.05) is 24.3 Å². The number of rotatable bonds is 6. The number of fused-ring (bicyclic) bond motifs is 3. The Labute approximate surface area is 166 Å². The summed E-state index contributed by atoms with van der Waals surface area (Å²) >= 11 is 0. The number of epoxide rings is 1. The molecule has 144 valence electrons. The Morgan fingerprint density at radius 1 is 1.38 bits per heavy atom. The third-order valence-electron chi connectivity index (χ3n) is 4.84. The maximum absolute atomic E-state index is 13.2. The molecule has 2 aromatic heterocycles. The lowest BCUT2D eigenvalue weighted by Crippen LogP contribution is -2.22. The molecule has 0 radical (unpaired) electrons. The van der Waals surface area contributed by atoms with E-state index in [-0.39, 0.29) is 11.7 Å². The van der Waals surface area contributed by atoms with Crippen LogP contribution in [0.3, 0.4) is 0 Å². The molecule has 0 aliphatic carbocycles. The zero-order valence-corrected chi connectivity index (χ0v) is 15.8. The van der Waals surface area contributed by atoms with Crippen LogP contribution in [-0.2, 0) is 11.3 Å². The number of hydrogen-bond acceptors (Lipinski definition) is 5. The van der Waals surface area contributed by atoms with E-state index in [4.69, 9.17) is 4.74 Å². The van der Waals surface area contributed by atoms with Gasteiger partial charge < -0.3 is 9.30 Å². The summed E-state index contributed by atoms with van der Waals surface area (Å²) in [6.45, 7) is 3.18. The summed E-state index contributed by atoms with van der Waals surface area (Å²) < 4.78 is 9.03. The molecule has 1 aliphatic rings. The van der Waals surface area contributed by atoms with Crippen LogP contribution in [0.25, 0.3) is 27.6 Å². The Hall–Kier alpha value is -3.76. The minimum atomic E-state index is -0.414. The molecule has 0 amide bonds. The van der Waals surface area contributed by atoms with Gasteiger partial charge in [-0.05, 0) is 42.5 Å². The van der Waals surface area contributed by atoms with Gasteiger partial charge >= 0.3 is 0 Å². The van der Waals surface area contributed by atoms with Gasteiger partial charge in [0.05, 0.1) is 42.0 Å². The second-order valence-electron chi connectivity index (χ2n) is 6.67. The summed E-state index contributed by atoms with van der Waals surface area (Å²) in [7, 11) is 0. The summed E-state index contributed by atoms with van der Waals surface area (Å²) in [6, 6.07) is 11.5. The molecular formula is C22H18N4O3. The molecule has 1 aromatic carbocycles. The molecule has 1 atom stereocenters. The van der Waals surface area contributed by atoms with E-state index in [1.807, 2.05) is 37.3 Å². The lowest BCUT2D eigenvalue weighted by atomic mass is 10.2. The first-order valence-corrected chi connectivity index (χ1v) is 9.20. The first-order valence-electron chi connectivity index (χ1n) is 9.20. The van der Waals surface area contributed by atoms with E-state index < -0.39 is 5.56 Å². The summed E-state index contributed by atoms with van der Waals surface area (Å²) in [4.78, 5) is 23.6. The van der Waals surface area contributed by atoms with Crippen LogP contribution in [0.15, 0.2) is 70.8 Å². The van der Waals surface area contributed by atoms with Crippen molar-refractivity contribution in [3.63, 3.8) is 0 Å². The van der Waals surface area contributed by atoms with Crippen molar-refractivity contribution < 1.29 is 4.74 Å². The van der Waals surface area contributed by atoms with Crippen LogP contribution in [-0.4, -0.2) is 21.8 Å². The summed E-state index contributed by atoms with van der Waals surface area (Å²) in [5.41, 5.74) is 2.62. The molecule has 7 nitrogen and oxygen atoms in total. The lowest BCUT2D eigenvalue weighted by Gasteiger charge is -2.11. The Morgan fingerprint density at radius 3 is 2.86 bits per heavy atom. The first kappa shape index (κ1) is 18.6. The lowest BCUT2D eigenvalue weighted by molar-refractivity contribution is 0.387. The number of hydrogen-bond donors (Lipinski definition) is 0. The quantitative estimate of drug-likeness (QED) is 0.365. The van der Waals surface area contributed by atoms with E-state index in [9.17, 15) is 15.0 Å². The minimum absolute atomic E-state index is 0.0474. The van der Waals surface area contributed by atoms with Crippen molar-refractivity contribution in [1.82, 2.24) is 9.13 Å². The number of nitriles is 1. The van der Waals surface area contributed by atoms with E-state index in [1.54, 1.807) is 24.3 Å². The van der Waals surface area contributed by atoms with Gasteiger partial charge in [-0.25, -0.2) is 0 Å². The fraction of sp³-hybridized carbons (Fsp3) is 0.182. The van der Waals surface area contributed by atoms with E-state index in [0.717, 1.165) is 22.6 Å². The molecule has 0 spiro atoms. The maximum atomic E-state index is 13.2. The largest absolute Gasteiger partial charge is 0.371 e. The molecule has 0 saturated carbocycles. The molecule has 1 unspecified atom stereocenters. The van der Waals surface area contributed by atoms with E-state index in [1.165, 1.54) is 10.6 Å².